The van der Waals surface area contributed by atoms with Crippen LogP contribution >= 0.6 is 11.6 Å². The number of halogens is 1. The smallest absolute Gasteiger partial charge is 0.319 e. The summed E-state index contributed by atoms with van der Waals surface area (Å²) in [6.07, 6.45) is 0. The predicted molar refractivity (Wildman–Crippen MR) is 84.7 cm³/mol. The summed E-state index contributed by atoms with van der Waals surface area (Å²) in [4.78, 5) is 11.9. The summed E-state index contributed by atoms with van der Waals surface area (Å²) in [5, 5.41) is 5.89. The molecular formula is C15H16ClN3O2. The minimum atomic E-state index is -0.354. The summed E-state index contributed by atoms with van der Waals surface area (Å²) < 4.78 is 5.22. The van der Waals surface area contributed by atoms with E-state index < -0.39 is 0 Å². The molecular weight excluding hydrogens is 290 g/mol. The molecule has 0 aliphatic carbocycles. The highest BCUT2D eigenvalue weighted by molar-refractivity contribution is 6.33. The van der Waals surface area contributed by atoms with Gasteiger partial charge in [0.25, 0.3) is 0 Å². The number of amides is 2. The Morgan fingerprint density at radius 1 is 1.29 bits per heavy atom. The standard InChI is InChI=1S/C15H16ClN3O2/c1-21-14-7-6-11(17)8-10(14)9-18-15(20)19-13-5-3-2-4-12(13)16/h2-8H,9,17H2,1H3,(H2,18,19,20). The Labute approximate surface area is 128 Å². The third-order valence-corrected chi connectivity index (χ3v) is 3.20. The zero-order chi connectivity index (χ0) is 15.2. The van der Waals surface area contributed by atoms with Crippen molar-refractivity contribution in [3.8, 4) is 5.75 Å². The molecule has 2 rings (SSSR count). The predicted octanol–water partition coefficient (Wildman–Crippen LogP) is 3.25. The van der Waals surface area contributed by atoms with Gasteiger partial charge < -0.3 is 21.1 Å². The second kappa shape index (κ2) is 6.85. The zero-order valence-electron chi connectivity index (χ0n) is 11.5. The number of hydrogen-bond acceptors (Lipinski definition) is 3. The van der Waals surface area contributed by atoms with Crippen LogP contribution in [0, 0.1) is 0 Å². The molecule has 0 unspecified atom stereocenters. The largest absolute Gasteiger partial charge is 0.496 e. The van der Waals surface area contributed by atoms with Crippen LogP contribution in [0.5, 0.6) is 5.75 Å². The number of carbonyl (C=O) groups excluding carboxylic acids is 1. The Hall–Kier alpha value is -2.40. The number of urea groups is 1. The summed E-state index contributed by atoms with van der Waals surface area (Å²) in [6.45, 7) is 0.296. The molecule has 4 N–H and O–H groups in total. The highest BCUT2D eigenvalue weighted by atomic mass is 35.5. The van der Waals surface area contributed by atoms with Gasteiger partial charge in [0.15, 0.2) is 0 Å². The van der Waals surface area contributed by atoms with Crippen molar-refractivity contribution < 1.29 is 9.53 Å². The fourth-order valence-electron chi connectivity index (χ4n) is 1.84. The SMILES string of the molecule is COc1ccc(N)cc1CNC(=O)Nc1ccccc1Cl. The van der Waals surface area contributed by atoms with E-state index in [9.17, 15) is 4.79 Å². The lowest BCUT2D eigenvalue weighted by molar-refractivity contribution is 0.251. The van der Waals surface area contributed by atoms with Gasteiger partial charge in [0.2, 0.25) is 0 Å². The highest BCUT2D eigenvalue weighted by Crippen LogP contribution is 2.22. The van der Waals surface area contributed by atoms with E-state index in [4.69, 9.17) is 22.1 Å². The first-order chi connectivity index (χ1) is 10.1. The number of ether oxygens (including phenoxy) is 1. The zero-order valence-corrected chi connectivity index (χ0v) is 12.3. The average Bonchev–Trinajstić information content (AvgIpc) is 2.48. The minimum Gasteiger partial charge on any atom is -0.496 e. The Bertz CT molecular complexity index is 647. The van der Waals surface area contributed by atoms with Crippen LogP contribution < -0.4 is 21.1 Å². The van der Waals surface area contributed by atoms with Crippen molar-refractivity contribution in [3.05, 3.63) is 53.1 Å². The number of nitrogens with two attached hydrogens (primary N) is 1. The molecule has 0 saturated heterocycles. The Morgan fingerprint density at radius 3 is 2.76 bits per heavy atom. The van der Waals surface area contributed by atoms with Crippen molar-refractivity contribution in [2.24, 2.45) is 0 Å². The van der Waals surface area contributed by atoms with Gasteiger partial charge in [-0.2, -0.15) is 0 Å². The molecule has 0 aliphatic heterocycles. The fourth-order valence-corrected chi connectivity index (χ4v) is 2.02. The van der Waals surface area contributed by atoms with Crippen molar-refractivity contribution in [1.29, 1.82) is 0 Å². The van der Waals surface area contributed by atoms with E-state index in [1.807, 2.05) is 0 Å². The number of methoxy groups -OCH3 is 1. The van der Waals surface area contributed by atoms with E-state index in [0.717, 1.165) is 5.56 Å². The van der Waals surface area contributed by atoms with Crippen molar-refractivity contribution in [2.45, 2.75) is 6.54 Å². The molecule has 110 valence electrons. The lowest BCUT2D eigenvalue weighted by Gasteiger charge is -2.12. The molecule has 0 aromatic heterocycles. The quantitative estimate of drug-likeness (QED) is 0.759. The fraction of sp³-hybridized carbons (Fsp3) is 0.133. The molecule has 0 saturated carbocycles. The molecule has 2 aromatic carbocycles. The van der Waals surface area contributed by atoms with E-state index in [1.54, 1.807) is 49.6 Å². The van der Waals surface area contributed by atoms with Crippen molar-refractivity contribution >= 4 is 29.0 Å². The summed E-state index contributed by atoms with van der Waals surface area (Å²) in [5.74, 6) is 0.669. The van der Waals surface area contributed by atoms with Crippen molar-refractivity contribution in [1.82, 2.24) is 5.32 Å². The molecule has 0 radical (unpaired) electrons. The van der Waals surface area contributed by atoms with Crippen LogP contribution in [0.3, 0.4) is 0 Å². The molecule has 2 aromatic rings. The maximum absolute atomic E-state index is 11.9. The lowest BCUT2D eigenvalue weighted by atomic mass is 10.2. The molecule has 6 heteroatoms. The molecule has 0 atom stereocenters. The van der Waals surface area contributed by atoms with Crippen LogP contribution in [0.25, 0.3) is 0 Å². The van der Waals surface area contributed by atoms with Gasteiger partial charge in [-0.15, -0.1) is 0 Å². The third kappa shape index (κ3) is 4.03. The topological polar surface area (TPSA) is 76.4 Å². The molecule has 0 bridgehead atoms. The van der Waals surface area contributed by atoms with Gasteiger partial charge in [0, 0.05) is 17.8 Å². The van der Waals surface area contributed by atoms with Gasteiger partial charge in [-0.25, -0.2) is 4.79 Å². The monoisotopic (exact) mass is 305 g/mol. The maximum Gasteiger partial charge on any atom is 0.319 e. The number of rotatable bonds is 4. The first kappa shape index (κ1) is 15.0. The van der Waals surface area contributed by atoms with Crippen molar-refractivity contribution in [2.75, 3.05) is 18.2 Å². The Balaban J connectivity index is 1.98. The van der Waals surface area contributed by atoms with Gasteiger partial charge in [-0.05, 0) is 30.3 Å². The van der Waals surface area contributed by atoms with Gasteiger partial charge >= 0.3 is 6.03 Å². The molecule has 21 heavy (non-hydrogen) atoms. The summed E-state index contributed by atoms with van der Waals surface area (Å²) >= 11 is 5.97. The number of anilines is 2. The molecule has 5 nitrogen and oxygen atoms in total. The molecule has 2 amide bonds. The van der Waals surface area contributed by atoms with Crippen LogP contribution in [0.2, 0.25) is 5.02 Å². The minimum absolute atomic E-state index is 0.296. The highest BCUT2D eigenvalue weighted by Gasteiger charge is 2.07. The van der Waals surface area contributed by atoms with Gasteiger partial charge in [0.05, 0.1) is 17.8 Å². The van der Waals surface area contributed by atoms with Crippen LogP contribution in [0.15, 0.2) is 42.5 Å². The number of benzene rings is 2. The number of para-hydroxylation sites is 1. The first-order valence-electron chi connectivity index (χ1n) is 6.32. The van der Waals surface area contributed by atoms with Crippen molar-refractivity contribution in [3.63, 3.8) is 0 Å². The van der Waals surface area contributed by atoms with Gasteiger partial charge in [-0.1, -0.05) is 23.7 Å². The van der Waals surface area contributed by atoms with E-state index in [1.165, 1.54) is 0 Å². The third-order valence-electron chi connectivity index (χ3n) is 2.87. The van der Waals surface area contributed by atoms with Crippen LogP contribution in [0.1, 0.15) is 5.56 Å². The average molecular weight is 306 g/mol. The maximum atomic E-state index is 11.9. The van der Waals surface area contributed by atoms with E-state index >= 15 is 0 Å². The van der Waals surface area contributed by atoms with Gasteiger partial charge in [-0.3, -0.25) is 0 Å². The molecule has 0 aliphatic rings. The van der Waals surface area contributed by atoms with Crippen LogP contribution in [-0.2, 0) is 6.54 Å². The summed E-state index contributed by atoms with van der Waals surface area (Å²) in [7, 11) is 1.57. The molecule has 0 fully saturated rings. The number of carbonyl (C=O) groups is 1. The summed E-state index contributed by atoms with van der Waals surface area (Å²) in [6, 6.07) is 11.9. The normalized spacial score (nSPS) is 10.0. The number of hydrogen-bond donors (Lipinski definition) is 3. The molecule has 0 heterocycles. The molecule has 0 spiro atoms. The number of nitrogens with one attached hydrogen (secondary N) is 2. The van der Waals surface area contributed by atoms with Gasteiger partial charge in [0.1, 0.15) is 5.75 Å². The summed E-state index contributed by atoms with van der Waals surface area (Å²) in [5.41, 5.74) is 7.69. The second-order valence-corrected chi connectivity index (χ2v) is 4.77. The van der Waals surface area contributed by atoms with Crippen LogP contribution in [0.4, 0.5) is 16.2 Å². The Morgan fingerprint density at radius 2 is 2.05 bits per heavy atom. The van der Waals surface area contributed by atoms with Crippen LogP contribution in [-0.4, -0.2) is 13.1 Å². The van der Waals surface area contributed by atoms with E-state index in [-0.39, 0.29) is 6.03 Å². The first-order valence-corrected chi connectivity index (χ1v) is 6.69. The lowest BCUT2D eigenvalue weighted by Crippen LogP contribution is -2.28. The Kier molecular flexibility index (Phi) is 4.90. The number of nitrogen functional groups attached to an aromatic ring is 1. The van der Waals surface area contributed by atoms with E-state index in [2.05, 4.69) is 10.6 Å². The second-order valence-electron chi connectivity index (χ2n) is 4.36. The van der Waals surface area contributed by atoms with E-state index in [0.29, 0.717) is 28.7 Å².